The van der Waals surface area contributed by atoms with Gasteiger partial charge in [-0.2, -0.15) is 0 Å². The van der Waals surface area contributed by atoms with Gasteiger partial charge in [-0.1, -0.05) is 6.58 Å². The molecule has 0 aromatic carbocycles. The maximum atomic E-state index is 13.2. The zero-order valence-electron chi connectivity index (χ0n) is 16.6. The van der Waals surface area contributed by atoms with Gasteiger partial charge < -0.3 is 9.47 Å². The highest BCUT2D eigenvalue weighted by Crippen LogP contribution is 2.60. The van der Waals surface area contributed by atoms with Crippen LogP contribution >= 0.6 is 0 Å². The molecule has 0 radical (unpaired) electrons. The topological polar surface area (TPSA) is 52.6 Å². The number of fused-ring (bicyclic) bond motifs is 2. The minimum absolute atomic E-state index is 0.0199. The van der Waals surface area contributed by atoms with Gasteiger partial charge >= 0.3 is 11.9 Å². The van der Waals surface area contributed by atoms with Crippen molar-refractivity contribution < 1.29 is 19.1 Å². The number of ether oxygens (including phenoxy) is 2. The molecule has 6 aliphatic carbocycles. The van der Waals surface area contributed by atoms with E-state index in [2.05, 4.69) is 13.5 Å². The minimum Gasteiger partial charge on any atom is -0.459 e. The van der Waals surface area contributed by atoms with Crippen molar-refractivity contribution in [3.8, 4) is 0 Å². The van der Waals surface area contributed by atoms with E-state index in [1.807, 2.05) is 0 Å². The van der Waals surface area contributed by atoms with Gasteiger partial charge in [-0.05, 0) is 94.8 Å². The van der Waals surface area contributed by atoms with E-state index >= 15 is 0 Å². The van der Waals surface area contributed by atoms with Gasteiger partial charge in [-0.25, -0.2) is 4.79 Å². The molecule has 0 spiro atoms. The Morgan fingerprint density at radius 2 is 1.48 bits per heavy atom. The molecule has 4 atom stereocenters. The van der Waals surface area contributed by atoms with Crippen LogP contribution in [0.2, 0.25) is 0 Å². The van der Waals surface area contributed by atoms with Gasteiger partial charge in [0, 0.05) is 11.5 Å². The van der Waals surface area contributed by atoms with Crippen LogP contribution in [0, 0.1) is 41.4 Å². The van der Waals surface area contributed by atoms with Gasteiger partial charge in [-0.3, -0.25) is 4.79 Å². The van der Waals surface area contributed by atoms with Crippen LogP contribution in [-0.4, -0.2) is 23.6 Å². The summed E-state index contributed by atoms with van der Waals surface area (Å²) in [4.78, 5) is 25.2. The molecule has 6 aliphatic rings. The molecule has 0 aliphatic heterocycles. The molecular formula is C23H32O4. The van der Waals surface area contributed by atoms with E-state index in [0.717, 1.165) is 31.1 Å². The lowest BCUT2D eigenvalue weighted by atomic mass is 9.50. The minimum atomic E-state index is -0.326. The Kier molecular flexibility index (Phi) is 4.00. The van der Waals surface area contributed by atoms with Crippen molar-refractivity contribution in [1.29, 1.82) is 0 Å². The quantitative estimate of drug-likeness (QED) is 0.546. The molecule has 0 aromatic heterocycles. The average molecular weight is 373 g/mol. The van der Waals surface area contributed by atoms with Crippen molar-refractivity contribution in [2.24, 2.45) is 41.4 Å². The summed E-state index contributed by atoms with van der Waals surface area (Å²) in [6.07, 6.45) is 9.01. The zero-order valence-corrected chi connectivity index (χ0v) is 16.6. The summed E-state index contributed by atoms with van der Waals surface area (Å²) in [5.41, 5.74) is 0.161. The summed E-state index contributed by atoms with van der Waals surface area (Å²) in [5, 5.41) is 0. The number of hydrogen-bond acceptors (Lipinski definition) is 4. The standard InChI is InChI=1S/C23H32O4/c1-12(2)21(24)26-20-11-15-9-18(20)19(10-15)22(25)27-23(3)16-5-13-4-14(7-16)8-17(23)6-13/h13-20H,1,4-11H2,2-3H3. The molecule has 4 nitrogen and oxygen atoms in total. The fourth-order valence-corrected chi connectivity index (χ4v) is 7.51. The molecule has 6 saturated carbocycles. The Morgan fingerprint density at radius 3 is 2.04 bits per heavy atom. The third-order valence-electron chi connectivity index (χ3n) is 8.74. The highest BCUT2D eigenvalue weighted by atomic mass is 16.6. The number of rotatable bonds is 4. The second kappa shape index (κ2) is 6.09. The Labute approximate surface area is 162 Å². The lowest BCUT2D eigenvalue weighted by Crippen LogP contribution is -2.58. The predicted octanol–water partition coefficient (Wildman–Crippen LogP) is 4.28. The lowest BCUT2D eigenvalue weighted by Gasteiger charge is -2.59. The second-order valence-corrected chi connectivity index (χ2v) is 10.5. The normalized spacial score (nSPS) is 49.3. The Morgan fingerprint density at radius 1 is 0.889 bits per heavy atom. The van der Waals surface area contributed by atoms with Crippen molar-refractivity contribution in [3.05, 3.63) is 12.2 Å². The summed E-state index contributed by atoms with van der Waals surface area (Å²) in [6.45, 7) is 7.56. The highest BCUT2D eigenvalue weighted by Gasteiger charge is 2.59. The van der Waals surface area contributed by atoms with Crippen molar-refractivity contribution in [1.82, 2.24) is 0 Å². The molecule has 27 heavy (non-hydrogen) atoms. The Bertz CT molecular complexity index is 652. The van der Waals surface area contributed by atoms with Crippen molar-refractivity contribution >= 4 is 11.9 Å². The van der Waals surface area contributed by atoms with Crippen LogP contribution < -0.4 is 0 Å². The van der Waals surface area contributed by atoms with Gasteiger partial charge in [0.2, 0.25) is 0 Å². The smallest absolute Gasteiger partial charge is 0.333 e. The van der Waals surface area contributed by atoms with Crippen LogP contribution in [0.5, 0.6) is 0 Å². The first-order chi connectivity index (χ1) is 12.8. The summed E-state index contributed by atoms with van der Waals surface area (Å²) in [5.74, 6) is 3.01. The van der Waals surface area contributed by atoms with E-state index in [0.29, 0.717) is 23.3 Å². The number of carbonyl (C=O) groups excluding carboxylic acids is 2. The number of carbonyl (C=O) groups is 2. The van der Waals surface area contributed by atoms with Crippen LogP contribution in [0.3, 0.4) is 0 Å². The predicted molar refractivity (Wildman–Crippen MR) is 101 cm³/mol. The van der Waals surface area contributed by atoms with Gasteiger partial charge in [-0.15, -0.1) is 0 Å². The first kappa shape index (κ1) is 17.8. The fraction of sp³-hybridized carbons (Fsp3) is 0.826. The first-order valence-corrected chi connectivity index (χ1v) is 10.9. The maximum Gasteiger partial charge on any atom is 0.333 e. The molecule has 6 fully saturated rings. The van der Waals surface area contributed by atoms with E-state index in [1.54, 1.807) is 6.92 Å². The summed E-state index contributed by atoms with van der Waals surface area (Å²) in [6, 6.07) is 0. The van der Waals surface area contributed by atoms with Crippen molar-refractivity contribution in [3.63, 3.8) is 0 Å². The molecule has 0 aromatic rings. The molecule has 4 unspecified atom stereocenters. The monoisotopic (exact) mass is 372 g/mol. The number of esters is 2. The molecular weight excluding hydrogens is 340 g/mol. The van der Waals surface area contributed by atoms with Gasteiger partial charge in [0.25, 0.3) is 0 Å². The highest BCUT2D eigenvalue weighted by molar-refractivity contribution is 5.87. The van der Waals surface area contributed by atoms with Gasteiger partial charge in [0.1, 0.15) is 11.7 Å². The third kappa shape index (κ3) is 2.77. The molecule has 0 N–H and O–H groups in total. The second-order valence-electron chi connectivity index (χ2n) is 10.5. The summed E-state index contributed by atoms with van der Waals surface area (Å²) >= 11 is 0. The number of hydrogen-bond donors (Lipinski definition) is 0. The maximum absolute atomic E-state index is 13.2. The van der Waals surface area contributed by atoms with E-state index in [4.69, 9.17) is 9.47 Å². The van der Waals surface area contributed by atoms with Crippen LogP contribution in [0.25, 0.3) is 0 Å². The van der Waals surface area contributed by atoms with Gasteiger partial charge in [0.05, 0.1) is 5.92 Å². The molecule has 0 heterocycles. The SMILES string of the molecule is C=C(C)C(=O)OC1CC2CC(C(=O)OC3(C)C4CC5CC(C4)CC3C5)C1C2. The van der Waals surface area contributed by atoms with E-state index in [9.17, 15) is 9.59 Å². The van der Waals surface area contributed by atoms with Crippen LogP contribution in [0.4, 0.5) is 0 Å². The lowest BCUT2D eigenvalue weighted by molar-refractivity contribution is -0.209. The first-order valence-electron chi connectivity index (χ1n) is 10.9. The summed E-state index contributed by atoms with van der Waals surface area (Å²) in [7, 11) is 0. The molecule has 6 bridgehead atoms. The molecule has 148 valence electrons. The van der Waals surface area contributed by atoms with E-state index < -0.39 is 0 Å². The van der Waals surface area contributed by atoms with E-state index in [1.165, 1.54) is 32.1 Å². The zero-order chi connectivity index (χ0) is 18.9. The fourth-order valence-electron chi connectivity index (χ4n) is 7.51. The summed E-state index contributed by atoms with van der Waals surface area (Å²) < 4.78 is 12.0. The largest absolute Gasteiger partial charge is 0.459 e. The Balaban J connectivity index is 1.28. The van der Waals surface area contributed by atoms with E-state index in [-0.39, 0.29) is 35.5 Å². The molecule has 0 amide bonds. The molecule has 6 rings (SSSR count). The Hall–Kier alpha value is -1.32. The average Bonchev–Trinajstić information content (AvgIpc) is 3.19. The third-order valence-corrected chi connectivity index (χ3v) is 8.74. The van der Waals surface area contributed by atoms with Gasteiger partial charge in [0.15, 0.2) is 0 Å². The van der Waals surface area contributed by atoms with Crippen LogP contribution in [0.15, 0.2) is 12.2 Å². The molecule has 0 saturated heterocycles. The van der Waals surface area contributed by atoms with Crippen LogP contribution in [0.1, 0.15) is 65.2 Å². The van der Waals surface area contributed by atoms with Crippen molar-refractivity contribution in [2.45, 2.75) is 76.9 Å². The van der Waals surface area contributed by atoms with Crippen molar-refractivity contribution in [2.75, 3.05) is 0 Å². The van der Waals surface area contributed by atoms with Crippen LogP contribution in [-0.2, 0) is 19.1 Å². The molecule has 4 heteroatoms.